The quantitative estimate of drug-likeness (QED) is 0.594. The fraction of sp³-hybridized carbons (Fsp3) is 0.929. The molecular formula is C14H28N4. The van der Waals surface area contributed by atoms with Gasteiger partial charge in [0.25, 0.3) is 0 Å². The number of rotatable bonds is 3. The van der Waals surface area contributed by atoms with Crippen molar-refractivity contribution in [2.75, 3.05) is 19.6 Å². The maximum absolute atomic E-state index is 6.03. The molecule has 1 saturated carbocycles. The van der Waals surface area contributed by atoms with Crippen molar-refractivity contribution in [1.29, 1.82) is 0 Å². The minimum atomic E-state index is 0.434. The van der Waals surface area contributed by atoms with Crippen LogP contribution in [0.3, 0.4) is 0 Å². The SMILES string of the molecule is CCN1CCC(N=C(N)NC2CCCCC2)CC1. The summed E-state index contributed by atoms with van der Waals surface area (Å²) in [6.07, 6.45) is 8.86. The van der Waals surface area contributed by atoms with Crippen molar-refractivity contribution < 1.29 is 0 Å². The van der Waals surface area contributed by atoms with E-state index in [4.69, 9.17) is 5.73 Å². The normalized spacial score (nSPS) is 25.3. The Morgan fingerprint density at radius 1 is 1.17 bits per heavy atom. The Hall–Kier alpha value is -0.770. The zero-order valence-corrected chi connectivity index (χ0v) is 11.7. The molecule has 0 spiro atoms. The maximum atomic E-state index is 6.03. The molecule has 0 radical (unpaired) electrons. The lowest BCUT2D eigenvalue weighted by atomic mass is 9.96. The summed E-state index contributed by atoms with van der Waals surface area (Å²) in [6.45, 7) is 5.72. The summed E-state index contributed by atoms with van der Waals surface area (Å²) in [6, 6.07) is 1.00. The topological polar surface area (TPSA) is 53.6 Å². The maximum Gasteiger partial charge on any atom is 0.189 e. The van der Waals surface area contributed by atoms with Crippen molar-refractivity contribution >= 4 is 5.96 Å². The largest absolute Gasteiger partial charge is 0.370 e. The predicted octanol–water partition coefficient (Wildman–Crippen LogP) is 1.71. The lowest BCUT2D eigenvalue weighted by Crippen LogP contribution is -2.43. The van der Waals surface area contributed by atoms with Crippen molar-refractivity contribution in [2.24, 2.45) is 10.7 Å². The van der Waals surface area contributed by atoms with E-state index in [0.29, 0.717) is 18.0 Å². The van der Waals surface area contributed by atoms with Gasteiger partial charge in [-0.25, -0.2) is 0 Å². The molecule has 0 aromatic carbocycles. The number of piperidine rings is 1. The van der Waals surface area contributed by atoms with Gasteiger partial charge in [0.1, 0.15) is 0 Å². The van der Waals surface area contributed by atoms with Gasteiger partial charge in [-0.05, 0) is 32.2 Å². The molecule has 0 atom stereocenters. The molecule has 2 rings (SSSR count). The summed E-state index contributed by atoms with van der Waals surface area (Å²) in [5.74, 6) is 0.678. The average Bonchev–Trinajstić information content (AvgIpc) is 2.40. The Labute approximate surface area is 111 Å². The molecule has 1 heterocycles. The van der Waals surface area contributed by atoms with Gasteiger partial charge in [0.15, 0.2) is 5.96 Å². The van der Waals surface area contributed by atoms with E-state index in [9.17, 15) is 0 Å². The number of hydrogen-bond donors (Lipinski definition) is 2. The number of nitrogens with zero attached hydrogens (tertiary/aromatic N) is 2. The van der Waals surface area contributed by atoms with Crippen molar-refractivity contribution in [3.05, 3.63) is 0 Å². The highest BCUT2D eigenvalue weighted by atomic mass is 15.2. The van der Waals surface area contributed by atoms with Crippen LogP contribution in [0.15, 0.2) is 4.99 Å². The fourth-order valence-electron chi connectivity index (χ4n) is 3.05. The summed E-state index contributed by atoms with van der Waals surface area (Å²) < 4.78 is 0. The van der Waals surface area contributed by atoms with Gasteiger partial charge < -0.3 is 16.0 Å². The average molecular weight is 252 g/mol. The Morgan fingerprint density at radius 3 is 2.44 bits per heavy atom. The number of guanidine groups is 1. The van der Waals surface area contributed by atoms with Crippen LogP contribution in [0.4, 0.5) is 0 Å². The minimum Gasteiger partial charge on any atom is -0.370 e. The van der Waals surface area contributed by atoms with Crippen LogP contribution in [-0.2, 0) is 0 Å². The van der Waals surface area contributed by atoms with Crippen LogP contribution < -0.4 is 11.1 Å². The third kappa shape index (κ3) is 4.16. The second-order valence-corrected chi connectivity index (χ2v) is 5.66. The van der Waals surface area contributed by atoms with Crippen LogP contribution in [0.5, 0.6) is 0 Å². The molecule has 0 bridgehead atoms. The van der Waals surface area contributed by atoms with Gasteiger partial charge in [-0.1, -0.05) is 26.2 Å². The Morgan fingerprint density at radius 2 is 1.83 bits per heavy atom. The number of nitrogens with two attached hydrogens (primary N) is 1. The molecular weight excluding hydrogens is 224 g/mol. The number of nitrogens with one attached hydrogen (secondary N) is 1. The third-order valence-electron chi connectivity index (χ3n) is 4.28. The first-order valence-corrected chi connectivity index (χ1v) is 7.60. The summed E-state index contributed by atoms with van der Waals surface area (Å²) in [4.78, 5) is 7.14. The van der Waals surface area contributed by atoms with Gasteiger partial charge >= 0.3 is 0 Å². The van der Waals surface area contributed by atoms with Gasteiger partial charge in [-0.15, -0.1) is 0 Å². The van der Waals surface area contributed by atoms with Crippen molar-refractivity contribution in [3.8, 4) is 0 Å². The van der Waals surface area contributed by atoms with Crippen molar-refractivity contribution in [3.63, 3.8) is 0 Å². The monoisotopic (exact) mass is 252 g/mol. The molecule has 4 nitrogen and oxygen atoms in total. The fourth-order valence-corrected chi connectivity index (χ4v) is 3.05. The van der Waals surface area contributed by atoms with E-state index in [1.165, 1.54) is 45.2 Å². The highest BCUT2D eigenvalue weighted by Gasteiger charge is 2.18. The molecule has 1 saturated heterocycles. The molecule has 1 aliphatic heterocycles. The van der Waals surface area contributed by atoms with Crippen LogP contribution in [0.2, 0.25) is 0 Å². The molecule has 0 amide bonds. The Balaban J connectivity index is 1.74. The summed E-state index contributed by atoms with van der Waals surface area (Å²) >= 11 is 0. The second-order valence-electron chi connectivity index (χ2n) is 5.66. The molecule has 4 heteroatoms. The first-order chi connectivity index (χ1) is 8.78. The first kappa shape index (κ1) is 13.7. The molecule has 1 aliphatic carbocycles. The van der Waals surface area contributed by atoms with Crippen LogP contribution in [-0.4, -0.2) is 42.6 Å². The standard InChI is InChI=1S/C14H28N4/c1-2-18-10-8-13(9-11-18)17-14(15)16-12-6-4-3-5-7-12/h12-13H,2-11H2,1H3,(H3,15,16,17). The Bertz CT molecular complexity index is 263. The van der Waals surface area contributed by atoms with Crippen LogP contribution >= 0.6 is 0 Å². The van der Waals surface area contributed by atoms with E-state index < -0.39 is 0 Å². The molecule has 2 fully saturated rings. The predicted molar refractivity (Wildman–Crippen MR) is 76.8 cm³/mol. The smallest absolute Gasteiger partial charge is 0.189 e. The van der Waals surface area contributed by atoms with Gasteiger partial charge in [-0.2, -0.15) is 0 Å². The van der Waals surface area contributed by atoms with E-state index in [2.05, 4.69) is 22.1 Å². The van der Waals surface area contributed by atoms with Crippen LogP contribution in [0, 0.1) is 0 Å². The zero-order valence-electron chi connectivity index (χ0n) is 11.7. The molecule has 0 aromatic rings. The van der Waals surface area contributed by atoms with Gasteiger partial charge in [0.2, 0.25) is 0 Å². The second kappa shape index (κ2) is 6.98. The van der Waals surface area contributed by atoms with Crippen molar-refractivity contribution in [1.82, 2.24) is 10.2 Å². The summed E-state index contributed by atoms with van der Waals surface area (Å²) in [5, 5.41) is 3.41. The van der Waals surface area contributed by atoms with E-state index in [-0.39, 0.29) is 0 Å². The number of hydrogen-bond acceptors (Lipinski definition) is 2. The van der Waals surface area contributed by atoms with E-state index in [1.807, 2.05) is 0 Å². The van der Waals surface area contributed by atoms with Gasteiger partial charge in [0, 0.05) is 19.1 Å². The van der Waals surface area contributed by atoms with Gasteiger partial charge in [-0.3, -0.25) is 4.99 Å². The van der Waals surface area contributed by atoms with Crippen LogP contribution in [0.1, 0.15) is 51.9 Å². The van der Waals surface area contributed by atoms with E-state index >= 15 is 0 Å². The molecule has 0 aromatic heterocycles. The van der Waals surface area contributed by atoms with Crippen LogP contribution in [0.25, 0.3) is 0 Å². The first-order valence-electron chi connectivity index (χ1n) is 7.60. The zero-order chi connectivity index (χ0) is 12.8. The number of aliphatic imine (C=N–C) groups is 1. The van der Waals surface area contributed by atoms with Gasteiger partial charge in [0.05, 0.1) is 6.04 Å². The molecule has 2 aliphatic rings. The molecule has 104 valence electrons. The third-order valence-corrected chi connectivity index (χ3v) is 4.28. The van der Waals surface area contributed by atoms with E-state index in [1.54, 1.807) is 0 Å². The van der Waals surface area contributed by atoms with Crippen molar-refractivity contribution in [2.45, 2.75) is 64.0 Å². The highest BCUT2D eigenvalue weighted by molar-refractivity contribution is 5.78. The molecule has 3 N–H and O–H groups in total. The lowest BCUT2D eigenvalue weighted by molar-refractivity contribution is 0.224. The summed E-state index contributed by atoms with van der Waals surface area (Å²) in [5.41, 5.74) is 6.03. The lowest BCUT2D eigenvalue weighted by Gasteiger charge is -2.29. The molecule has 0 unspecified atom stereocenters. The minimum absolute atomic E-state index is 0.434. The van der Waals surface area contributed by atoms with E-state index in [0.717, 1.165) is 19.4 Å². The summed E-state index contributed by atoms with van der Waals surface area (Å²) in [7, 11) is 0. The Kier molecular flexibility index (Phi) is 5.29. The highest BCUT2D eigenvalue weighted by Crippen LogP contribution is 2.17. The molecule has 18 heavy (non-hydrogen) atoms. The number of likely N-dealkylation sites (tertiary alicyclic amines) is 1.